The van der Waals surface area contributed by atoms with Gasteiger partial charge in [0.05, 0.1) is 0 Å². The first-order valence-corrected chi connectivity index (χ1v) is 7.47. The molecule has 0 aromatic carbocycles. The van der Waals surface area contributed by atoms with E-state index >= 15 is 0 Å². The van der Waals surface area contributed by atoms with Crippen molar-refractivity contribution in [2.24, 2.45) is 17.8 Å². The quantitative estimate of drug-likeness (QED) is 0.763. The lowest BCUT2D eigenvalue weighted by molar-refractivity contribution is 0.242. The molecule has 4 atom stereocenters. The molecule has 2 fully saturated rings. The fourth-order valence-electron chi connectivity index (χ4n) is 3.70. The van der Waals surface area contributed by atoms with Gasteiger partial charge in [-0.1, -0.05) is 39.5 Å². The number of hydrogen-bond donors (Lipinski definition) is 1. The maximum absolute atomic E-state index is 3.84. The predicted molar refractivity (Wildman–Crippen MR) is 70.5 cm³/mol. The molecule has 1 heteroatoms. The summed E-state index contributed by atoms with van der Waals surface area (Å²) in [5.74, 6) is 2.91. The Balaban J connectivity index is 1.66. The van der Waals surface area contributed by atoms with E-state index in [2.05, 4.69) is 19.2 Å². The molecule has 0 bridgehead atoms. The van der Waals surface area contributed by atoms with Gasteiger partial charge in [0.15, 0.2) is 0 Å². The van der Waals surface area contributed by atoms with Crippen molar-refractivity contribution in [3.8, 4) is 0 Å². The summed E-state index contributed by atoms with van der Waals surface area (Å²) < 4.78 is 0. The zero-order chi connectivity index (χ0) is 11.4. The average molecular weight is 223 g/mol. The Morgan fingerprint density at radius 2 is 1.56 bits per heavy atom. The third-order valence-electron chi connectivity index (χ3n) is 4.68. The Kier molecular flexibility index (Phi) is 4.69. The second-order valence-corrected chi connectivity index (χ2v) is 6.51. The van der Waals surface area contributed by atoms with E-state index in [0.717, 1.165) is 23.8 Å². The van der Waals surface area contributed by atoms with Crippen LogP contribution in [-0.2, 0) is 0 Å². The number of hydrogen-bond acceptors (Lipinski definition) is 1. The van der Waals surface area contributed by atoms with E-state index in [1.165, 1.54) is 57.9 Å². The molecule has 0 aliphatic heterocycles. The summed E-state index contributed by atoms with van der Waals surface area (Å²) in [6, 6.07) is 0.834. The third kappa shape index (κ3) is 3.76. The van der Waals surface area contributed by atoms with Gasteiger partial charge in [-0.25, -0.2) is 0 Å². The van der Waals surface area contributed by atoms with Gasteiger partial charge in [-0.15, -0.1) is 0 Å². The molecule has 0 amide bonds. The molecule has 0 radical (unpaired) electrons. The van der Waals surface area contributed by atoms with Crippen LogP contribution in [0.2, 0.25) is 0 Å². The van der Waals surface area contributed by atoms with Crippen molar-refractivity contribution in [1.29, 1.82) is 0 Å². The molecule has 0 aromatic rings. The summed E-state index contributed by atoms with van der Waals surface area (Å²) in [5, 5.41) is 3.84. The lowest BCUT2D eigenvalue weighted by Gasteiger charge is -2.32. The predicted octanol–water partition coefficient (Wildman–Crippen LogP) is 3.98. The summed E-state index contributed by atoms with van der Waals surface area (Å²) in [5.41, 5.74) is 0. The van der Waals surface area contributed by atoms with Crippen molar-refractivity contribution in [1.82, 2.24) is 5.32 Å². The van der Waals surface area contributed by atoms with Crippen LogP contribution in [-0.4, -0.2) is 12.6 Å². The van der Waals surface area contributed by atoms with Crippen molar-refractivity contribution in [3.63, 3.8) is 0 Å². The maximum Gasteiger partial charge on any atom is 0.00697 e. The van der Waals surface area contributed by atoms with Crippen LogP contribution in [0.15, 0.2) is 0 Å². The van der Waals surface area contributed by atoms with Crippen molar-refractivity contribution < 1.29 is 0 Å². The van der Waals surface area contributed by atoms with Crippen LogP contribution in [0.25, 0.3) is 0 Å². The van der Waals surface area contributed by atoms with Gasteiger partial charge >= 0.3 is 0 Å². The Morgan fingerprint density at radius 3 is 2.25 bits per heavy atom. The largest absolute Gasteiger partial charge is 0.314 e. The van der Waals surface area contributed by atoms with Crippen LogP contribution < -0.4 is 5.32 Å². The smallest absolute Gasteiger partial charge is 0.00697 e. The fourth-order valence-corrected chi connectivity index (χ4v) is 3.70. The van der Waals surface area contributed by atoms with Gasteiger partial charge in [0.2, 0.25) is 0 Å². The Bertz CT molecular complexity index is 180. The lowest BCUT2D eigenvalue weighted by atomic mass is 9.81. The fraction of sp³-hybridized carbons (Fsp3) is 1.00. The summed E-state index contributed by atoms with van der Waals surface area (Å²) >= 11 is 0. The summed E-state index contributed by atoms with van der Waals surface area (Å²) in [4.78, 5) is 0. The molecule has 0 aromatic heterocycles. The molecular weight excluding hydrogens is 194 g/mol. The minimum atomic E-state index is 0.834. The van der Waals surface area contributed by atoms with Gasteiger partial charge in [-0.3, -0.25) is 0 Å². The molecule has 2 aliphatic carbocycles. The van der Waals surface area contributed by atoms with Crippen molar-refractivity contribution in [3.05, 3.63) is 0 Å². The van der Waals surface area contributed by atoms with Crippen LogP contribution in [0.4, 0.5) is 0 Å². The van der Waals surface area contributed by atoms with E-state index in [1.54, 1.807) is 0 Å². The molecule has 0 spiro atoms. The monoisotopic (exact) mass is 223 g/mol. The molecule has 1 nitrogen and oxygen atoms in total. The van der Waals surface area contributed by atoms with Crippen LogP contribution in [0.3, 0.4) is 0 Å². The van der Waals surface area contributed by atoms with Gasteiger partial charge in [-0.2, -0.15) is 0 Å². The van der Waals surface area contributed by atoms with Crippen molar-refractivity contribution in [2.45, 2.75) is 71.3 Å². The zero-order valence-electron chi connectivity index (χ0n) is 11.2. The van der Waals surface area contributed by atoms with E-state index in [-0.39, 0.29) is 0 Å². The number of nitrogens with one attached hydrogen (secondary N) is 1. The average Bonchev–Trinajstić information content (AvgIpc) is 2.27. The van der Waals surface area contributed by atoms with Crippen LogP contribution in [0.1, 0.15) is 65.2 Å². The molecule has 2 saturated carbocycles. The highest BCUT2D eigenvalue weighted by atomic mass is 14.9. The molecule has 1 N–H and O–H groups in total. The molecule has 2 rings (SSSR count). The van der Waals surface area contributed by atoms with Gasteiger partial charge < -0.3 is 5.32 Å². The van der Waals surface area contributed by atoms with Crippen LogP contribution in [0, 0.1) is 17.8 Å². The van der Waals surface area contributed by atoms with E-state index in [1.807, 2.05) is 0 Å². The zero-order valence-corrected chi connectivity index (χ0v) is 11.2. The highest BCUT2D eigenvalue weighted by Gasteiger charge is 2.22. The molecular formula is C15H29N. The first-order valence-electron chi connectivity index (χ1n) is 7.47. The number of rotatable bonds is 3. The van der Waals surface area contributed by atoms with E-state index in [4.69, 9.17) is 0 Å². The molecule has 0 heterocycles. The summed E-state index contributed by atoms with van der Waals surface area (Å²) in [7, 11) is 0. The normalized spacial score (nSPS) is 40.9. The minimum Gasteiger partial charge on any atom is -0.314 e. The van der Waals surface area contributed by atoms with E-state index in [0.29, 0.717) is 0 Å². The van der Waals surface area contributed by atoms with Gasteiger partial charge in [0, 0.05) is 6.04 Å². The SMILES string of the molecule is CC1CCCC(CNC2CCCC(C)C2)C1. The van der Waals surface area contributed by atoms with Crippen molar-refractivity contribution in [2.75, 3.05) is 6.54 Å². The van der Waals surface area contributed by atoms with E-state index < -0.39 is 0 Å². The van der Waals surface area contributed by atoms with Crippen molar-refractivity contribution >= 4 is 0 Å². The van der Waals surface area contributed by atoms with Crippen LogP contribution in [0.5, 0.6) is 0 Å². The second kappa shape index (κ2) is 6.05. The standard InChI is InChI=1S/C15H29N/c1-12-5-3-7-14(9-12)11-16-15-8-4-6-13(2)10-15/h12-16H,3-11H2,1-2H3. The Hall–Kier alpha value is -0.0400. The Morgan fingerprint density at radius 1 is 0.875 bits per heavy atom. The van der Waals surface area contributed by atoms with E-state index in [9.17, 15) is 0 Å². The lowest BCUT2D eigenvalue weighted by Crippen LogP contribution is -2.37. The summed E-state index contributed by atoms with van der Waals surface area (Å²) in [6.45, 7) is 6.13. The van der Waals surface area contributed by atoms with Gasteiger partial charge in [0.25, 0.3) is 0 Å². The topological polar surface area (TPSA) is 12.0 Å². The third-order valence-corrected chi connectivity index (χ3v) is 4.68. The summed E-state index contributed by atoms with van der Waals surface area (Å²) in [6.07, 6.45) is 11.6. The molecule has 94 valence electrons. The van der Waals surface area contributed by atoms with Gasteiger partial charge in [0.1, 0.15) is 0 Å². The minimum absolute atomic E-state index is 0.834. The Labute approximate surface area is 101 Å². The first kappa shape index (κ1) is 12.4. The highest BCUT2D eigenvalue weighted by molar-refractivity contribution is 4.79. The molecule has 16 heavy (non-hydrogen) atoms. The van der Waals surface area contributed by atoms with Crippen LogP contribution >= 0.6 is 0 Å². The second-order valence-electron chi connectivity index (χ2n) is 6.51. The maximum atomic E-state index is 3.84. The highest BCUT2D eigenvalue weighted by Crippen LogP contribution is 2.29. The van der Waals surface area contributed by atoms with Gasteiger partial charge in [-0.05, 0) is 50.0 Å². The first-order chi connectivity index (χ1) is 7.74. The molecule has 4 unspecified atom stereocenters. The molecule has 0 saturated heterocycles. The molecule has 2 aliphatic rings.